The standard InChI is InChI=1S/C15H20N4S/c1-11-4-6-12(7-5-11)10-19-14(17-18-15(19)20)13-3-2-8-16-9-13/h2-3,8-9,11-12H,4-7,10H2,1H3,(H,18,20). The summed E-state index contributed by atoms with van der Waals surface area (Å²) in [6.07, 6.45) is 8.86. The van der Waals surface area contributed by atoms with Gasteiger partial charge in [-0.05, 0) is 49.0 Å². The Morgan fingerprint density at radius 1 is 1.35 bits per heavy atom. The van der Waals surface area contributed by atoms with E-state index in [1.54, 1.807) is 6.20 Å². The van der Waals surface area contributed by atoms with Crippen LogP contribution in [0.5, 0.6) is 0 Å². The topological polar surface area (TPSA) is 46.5 Å². The van der Waals surface area contributed by atoms with Gasteiger partial charge in [-0.1, -0.05) is 19.8 Å². The Kier molecular flexibility index (Phi) is 3.96. The fraction of sp³-hybridized carbons (Fsp3) is 0.533. The van der Waals surface area contributed by atoms with E-state index < -0.39 is 0 Å². The first kappa shape index (κ1) is 13.5. The van der Waals surface area contributed by atoms with Gasteiger partial charge in [0.2, 0.25) is 0 Å². The summed E-state index contributed by atoms with van der Waals surface area (Å²) >= 11 is 5.39. The van der Waals surface area contributed by atoms with Gasteiger partial charge < -0.3 is 0 Å². The highest BCUT2D eigenvalue weighted by Crippen LogP contribution is 2.30. The zero-order valence-electron chi connectivity index (χ0n) is 11.7. The van der Waals surface area contributed by atoms with E-state index in [1.165, 1.54) is 25.7 Å². The third-order valence-corrected chi connectivity index (χ3v) is 4.57. The van der Waals surface area contributed by atoms with Gasteiger partial charge in [-0.3, -0.25) is 14.6 Å². The average molecular weight is 288 g/mol. The highest BCUT2D eigenvalue weighted by Gasteiger charge is 2.20. The Hall–Kier alpha value is -1.49. The number of nitrogens with zero attached hydrogens (tertiary/aromatic N) is 3. The van der Waals surface area contributed by atoms with Gasteiger partial charge >= 0.3 is 0 Å². The number of nitrogens with one attached hydrogen (secondary N) is 1. The van der Waals surface area contributed by atoms with Crippen molar-refractivity contribution in [2.24, 2.45) is 11.8 Å². The molecule has 0 spiro atoms. The van der Waals surface area contributed by atoms with Crippen molar-refractivity contribution < 1.29 is 0 Å². The van der Waals surface area contributed by atoms with Crippen molar-refractivity contribution >= 4 is 12.2 Å². The number of pyridine rings is 1. The summed E-state index contributed by atoms with van der Waals surface area (Å²) in [5, 5.41) is 7.29. The van der Waals surface area contributed by atoms with Crippen LogP contribution in [0.25, 0.3) is 11.4 Å². The lowest BCUT2D eigenvalue weighted by Gasteiger charge is -2.26. The third kappa shape index (κ3) is 2.82. The van der Waals surface area contributed by atoms with Crippen molar-refractivity contribution in [1.29, 1.82) is 0 Å². The average Bonchev–Trinajstić information content (AvgIpc) is 2.84. The molecule has 0 amide bonds. The molecule has 5 heteroatoms. The van der Waals surface area contributed by atoms with Gasteiger partial charge in [0.25, 0.3) is 0 Å². The lowest BCUT2D eigenvalue weighted by atomic mass is 9.83. The molecule has 1 fully saturated rings. The zero-order valence-corrected chi connectivity index (χ0v) is 12.6. The quantitative estimate of drug-likeness (QED) is 0.873. The van der Waals surface area contributed by atoms with Crippen molar-refractivity contribution in [2.45, 2.75) is 39.2 Å². The second-order valence-corrected chi connectivity index (χ2v) is 6.22. The van der Waals surface area contributed by atoms with E-state index >= 15 is 0 Å². The molecule has 0 unspecified atom stereocenters. The summed E-state index contributed by atoms with van der Waals surface area (Å²) in [4.78, 5) is 4.17. The summed E-state index contributed by atoms with van der Waals surface area (Å²) in [7, 11) is 0. The van der Waals surface area contributed by atoms with Gasteiger partial charge in [0, 0.05) is 24.5 Å². The molecular weight excluding hydrogens is 268 g/mol. The SMILES string of the molecule is CC1CCC(Cn2c(-c3cccnc3)n[nH]c2=S)CC1. The molecule has 0 bridgehead atoms. The molecule has 106 valence electrons. The first-order valence-electron chi connectivity index (χ1n) is 7.29. The molecule has 0 radical (unpaired) electrons. The first-order chi connectivity index (χ1) is 9.74. The molecule has 4 nitrogen and oxygen atoms in total. The molecule has 0 aromatic carbocycles. The number of aromatic amines is 1. The Bertz CT molecular complexity index is 608. The maximum absolute atomic E-state index is 5.39. The van der Waals surface area contributed by atoms with Crippen LogP contribution < -0.4 is 0 Å². The van der Waals surface area contributed by atoms with E-state index in [2.05, 4.69) is 26.7 Å². The zero-order chi connectivity index (χ0) is 13.9. The predicted molar refractivity (Wildman–Crippen MR) is 81.8 cm³/mol. The lowest BCUT2D eigenvalue weighted by molar-refractivity contribution is 0.264. The number of hydrogen-bond acceptors (Lipinski definition) is 3. The molecule has 1 aliphatic rings. The van der Waals surface area contributed by atoms with Crippen LogP contribution in [0.2, 0.25) is 0 Å². The molecule has 2 heterocycles. The number of aromatic nitrogens is 4. The second kappa shape index (κ2) is 5.87. The maximum Gasteiger partial charge on any atom is 0.195 e. The molecule has 2 aromatic heterocycles. The Balaban J connectivity index is 1.83. The van der Waals surface area contributed by atoms with Gasteiger partial charge in [-0.25, -0.2) is 0 Å². The largest absolute Gasteiger partial charge is 0.300 e. The highest BCUT2D eigenvalue weighted by molar-refractivity contribution is 7.71. The van der Waals surface area contributed by atoms with E-state index in [0.717, 1.165) is 23.9 Å². The van der Waals surface area contributed by atoms with E-state index in [9.17, 15) is 0 Å². The lowest BCUT2D eigenvalue weighted by Crippen LogP contribution is -2.18. The molecule has 1 N–H and O–H groups in total. The first-order valence-corrected chi connectivity index (χ1v) is 7.70. The van der Waals surface area contributed by atoms with Crippen molar-refractivity contribution in [3.8, 4) is 11.4 Å². The number of H-pyrrole nitrogens is 1. The molecule has 3 rings (SSSR count). The minimum Gasteiger partial charge on any atom is -0.300 e. The molecule has 1 saturated carbocycles. The van der Waals surface area contributed by atoms with Crippen molar-refractivity contribution in [3.05, 3.63) is 29.3 Å². The second-order valence-electron chi connectivity index (χ2n) is 5.83. The van der Waals surface area contributed by atoms with Crippen molar-refractivity contribution in [3.63, 3.8) is 0 Å². The highest BCUT2D eigenvalue weighted by atomic mass is 32.1. The maximum atomic E-state index is 5.39. The number of rotatable bonds is 3. The predicted octanol–water partition coefficient (Wildman–Crippen LogP) is 3.83. The number of hydrogen-bond donors (Lipinski definition) is 1. The minimum absolute atomic E-state index is 0.711. The van der Waals surface area contributed by atoms with Crippen molar-refractivity contribution in [2.75, 3.05) is 0 Å². The Morgan fingerprint density at radius 3 is 2.85 bits per heavy atom. The van der Waals surface area contributed by atoms with Crippen LogP contribution in [-0.2, 0) is 6.54 Å². The van der Waals surface area contributed by atoms with Crippen LogP contribution in [-0.4, -0.2) is 19.7 Å². The smallest absolute Gasteiger partial charge is 0.195 e. The normalized spacial score (nSPS) is 22.9. The van der Waals surface area contributed by atoms with Crippen LogP contribution in [0.3, 0.4) is 0 Å². The fourth-order valence-corrected chi connectivity index (χ4v) is 3.18. The van der Waals surface area contributed by atoms with Gasteiger partial charge in [-0.2, -0.15) is 5.10 Å². The van der Waals surface area contributed by atoms with Crippen LogP contribution in [0, 0.1) is 16.6 Å². The van der Waals surface area contributed by atoms with Crippen LogP contribution in [0.1, 0.15) is 32.6 Å². The fourth-order valence-electron chi connectivity index (χ4n) is 2.97. The molecule has 20 heavy (non-hydrogen) atoms. The van der Waals surface area contributed by atoms with Crippen LogP contribution in [0.4, 0.5) is 0 Å². The third-order valence-electron chi connectivity index (χ3n) is 4.25. The Labute approximate surface area is 124 Å². The minimum atomic E-state index is 0.711. The molecule has 2 aromatic rings. The van der Waals surface area contributed by atoms with Gasteiger partial charge in [-0.15, -0.1) is 0 Å². The Morgan fingerprint density at radius 2 is 2.15 bits per heavy atom. The molecule has 0 atom stereocenters. The molecular formula is C15H20N4S. The van der Waals surface area contributed by atoms with Gasteiger partial charge in [0.1, 0.15) is 0 Å². The van der Waals surface area contributed by atoms with Crippen LogP contribution in [0.15, 0.2) is 24.5 Å². The van der Waals surface area contributed by atoms with Gasteiger partial charge in [0.15, 0.2) is 10.6 Å². The van der Waals surface area contributed by atoms with E-state index in [-0.39, 0.29) is 0 Å². The van der Waals surface area contributed by atoms with Gasteiger partial charge in [0.05, 0.1) is 0 Å². The summed E-state index contributed by atoms with van der Waals surface area (Å²) in [6, 6.07) is 3.96. The molecule has 0 aliphatic heterocycles. The van der Waals surface area contributed by atoms with Crippen molar-refractivity contribution in [1.82, 2.24) is 19.7 Å². The summed E-state index contributed by atoms with van der Waals surface area (Å²) in [6.45, 7) is 3.31. The van der Waals surface area contributed by atoms with E-state index in [4.69, 9.17) is 12.2 Å². The summed E-state index contributed by atoms with van der Waals surface area (Å²) < 4.78 is 2.84. The molecule has 0 saturated heterocycles. The van der Waals surface area contributed by atoms with Crippen LogP contribution >= 0.6 is 12.2 Å². The summed E-state index contributed by atoms with van der Waals surface area (Å²) in [5.74, 6) is 2.49. The van der Waals surface area contributed by atoms with E-state index in [1.807, 2.05) is 18.3 Å². The molecule has 1 aliphatic carbocycles. The summed E-state index contributed by atoms with van der Waals surface area (Å²) in [5.41, 5.74) is 1.02. The monoisotopic (exact) mass is 288 g/mol. The van der Waals surface area contributed by atoms with E-state index in [0.29, 0.717) is 10.7 Å².